The van der Waals surface area contributed by atoms with E-state index >= 15 is 0 Å². The fourth-order valence-corrected chi connectivity index (χ4v) is 1.78. The van der Waals surface area contributed by atoms with Crippen LogP contribution in [-0.2, 0) is 0 Å². The van der Waals surface area contributed by atoms with Crippen molar-refractivity contribution >= 4 is 11.5 Å². The molecule has 2 aromatic carbocycles. The second-order valence-corrected chi connectivity index (χ2v) is 4.39. The molecule has 0 radical (unpaired) electrons. The lowest BCUT2D eigenvalue weighted by atomic mass is 10.1. The van der Waals surface area contributed by atoms with Crippen LogP contribution in [-0.4, -0.2) is 19.4 Å². The average molecular weight is 279 g/mol. The van der Waals surface area contributed by atoms with E-state index in [4.69, 9.17) is 0 Å². The van der Waals surface area contributed by atoms with Crippen molar-refractivity contribution in [2.45, 2.75) is 0 Å². The normalized spacial score (nSPS) is 10.4. The highest BCUT2D eigenvalue weighted by atomic mass is 19.2. The summed E-state index contributed by atoms with van der Waals surface area (Å²) < 4.78 is 38.9. The number of likely N-dealkylation sites (N-methyl/N-ethyl adjacent to an activating group) is 1. The van der Waals surface area contributed by atoms with E-state index in [1.807, 2.05) is 0 Å². The molecule has 0 unspecified atom stereocenters. The summed E-state index contributed by atoms with van der Waals surface area (Å²) in [4.78, 5) is 13.5. The van der Waals surface area contributed by atoms with Gasteiger partial charge in [-0.15, -0.1) is 0 Å². The number of carbonyl (C=O) groups excluding carboxylic acids is 1. The van der Waals surface area contributed by atoms with Crippen molar-refractivity contribution in [1.82, 2.24) is 0 Å². The minimum absolute atomic E-state index is 0.0610. The van der Waals surface area contributed by atoms with Crippen LogP contribution in [0.5, 0.6) is 0 Å². The van der Waals surface area contributed by atoms with Gasteiger partial charge in [-0.05, 0) is 36.4 Å². The maximum atomic E-state index is 13.1. The third kappa shape index (κ3) is 3.17. The van der Waals surface area contributed by atoms with Crippen molar-refractivity contribution in [2.75, 3.05) is 18.5 Å². The van der Waals surface area contributed by atoms with Crippen LogP contribution < -0.4 is 4.90 Å². The van der Waals surface area contributed by atoms with Gasteiger partial charge in [0.15, 0.2) is 17.4 Å². The molecule has 0 atom stereocenters. The first kappa shape index (κ1) is 14.1. The third-order valence-electron chi connectivity index (χ3n) is 2.87. The van der Waals surface area contributed by atoms with E-state index in [2.05, 4.69) is 0 Å². The van der Waals surface area contributed by atoms with Crippen LogP contribution in [0.1, 0.15) is 10.4 Å². The maximum Gasteiger partial charge on any atom is 0.182 e. The molecule has 0 amide bonds. The molecule has 0 aliphatic rings. The van der Waals surface area contributed by atoms with Gasteiger partial charge in [-0.1, -0.05) is 6.07 Å². The molecule has 2 nitrogen and oxygen atoms in total. The topological polar surface area (TPSA) is 20.3 Å². The number of anilines is 1. The highest BCUT2D eigenvalue weighted by Gasteiger charge is 2.12. The minimum atomic E-state index is -1.07. The smallest absolute Gasteiger partial charge is 0.182 e. The molecule has 5 heteroatoms. The van der Waals surface area contributed by atoms with Crippen LogP contribution in [0.3, 0.4) is 0 Å². The Labute approximate surface area is 114 Å². The number of nitrogens with zero attached hydrogens (tertiary/aromatic N) is 1. The summed E-state index contributed by atoms with van der Waals surface area (Å²) in [5.41, 5.74) is 0.605. The van der Waals surface area contributed by atoms with Gasteiger partial charge in [0, 0.05) is 18.3 Å². The second kappa shape index (κ2) is 5.77. The van der Waals surface area contributed by atoms with Crippen molar-refractivity contribution in [1.29, 1.82) is 0 Å². The molecule has 0 bridgehead atoms. The summed E-state index contributed by atoms with van der Waals surface area (Å²) in [7, 11) is 1.62. The van der Waals surface area contributed by atoms with Crippen LogP contribution in [0.2, 0.25) is 0 Å². The molecule has 0 aliphatic carbocycles. The molecule has 0 aromatic heterocycles. The molecule has 104 valence electrons. The summed E-state index contributed by atoms with van der Waals surface area (Å²) in [6.45, 7) is -0.0610. The van der Waals surface area contributed by atoms with Gasteiger partial charge in [-0.2, -0.15) is 0 Å². The zero-order valence-electron chi connectivity index (χ0n) is 10.7. The van der Waals surface area contributed by atoms with E-state index in [0.29, 0.717) is 5.69 Å². The monoisotopic (exact) mass is 279 g/mol. The Morgan fingerprint density at radius 1 is 1.05 bits per heavy atom. The van der Waals surface area contributed by atoms with Gasteiger partial charge in [-0.25, -0.2) is 13.2 Å². The Kier molecular flexibility index (Phi) is 4.08. The van der Waals surface area contributed by atoms with Crippen LogP contribution >= 0.6 is 0 Å². The number of carbonyl (C=O) groups is 1. The van der Waals surface area contributed by atoms with Crippen LogP contribution in [0.4, 0.5) is 18.9 Å². The first-order valence-electron chi connectivity index (χ1n) is 5.92. The lowest BCUT2D eigenvalue weighted by molar-refractivity contribution is 0.1000. The molecular weight excluding hydrogens is 267 g/mol. The molecule has 0 fully saturated rings. The number of ketones is 1. The number of hydrogen-bond donors (Lipinski definition) is 0. The number of benzene rings is 2. The number of halogens is 3. The van der Waals surface area contributed by atoms with Crippen LogP contribution in [0.25, 0.3) is 0 Å². The Bertz CT molecular complexity index is 643. The Hall–Kier alpha value is -2.30. The molecule has 0 saturated carbocycles. The number of rotatable bonds is 4. The van der Waals surface area contributed by atoms with E-state index in [-0.39, 0.29) is 17.9 Å². The molecule has 0 spiro atoms. The summed E-state index contributed by atoms with van der Waals surface area (Å²) >= 11 is 0. The number of Topliss-reactive ketones (excluding diaryl/α,β-unsaturated/α-hetero) is 1. The Balaban J connectivity index is 2.13. The van der Waals surface area contributed by atoms with Gasteiger partial charge < -0.3 is 4.90 Å². The SMILES string of the molecule is CN(CC(=O)c1ccc(F)c(F)c1)c1cccc(F)c1. The van der Waals surface area contributed by atoms with Crippen molar-refractivity contribution < 1.29 is 18.0 Å². The lowest BCUT2D eigenvalue weighted by Gasteiger charge is -2.18. The predicted octanol–water partition coefficient (Wildman–Crippen LogP) is 3.42. The minimum Gasteiger partial charge on any atom is -0.367 e. The Morgan fingerprint density at radius 2 is 1.80 bits per heavy atom. The molecule has 0 aliphatic heterocycles. The van der Waals surface area contributed by atoms with Crippen LogP contribution in [0, 0.1) is 17.5 Å². The first-order valence-corrected chi connectivity index (χ1v) is 5.92. The van der Waals surface area contributed by atoms with Crippen molar-refractivity contribution in [3.63, 3.8) is 0 Å². The summed E-state index contributed by atoms with van der Waals surface area (Å²) in [5, 5.41) is 0. The van der Waals surface area contributed by atoms with E-state index < -0.39 is 17.5 Å². The highest BCUT2D eigenvalue weighted by molar-refractivity contribution is 5.99. The summed E-state index contributed by atoms with van der Waals surface area (Å²) in [6, 6.07) is 8.76. The van der Waals surface area contributed by atoms with Gasteiger partial charge >= 0.3 is 0 Å². The molecule has 0 saturated heterocycles. The Morgan fingerprint density at radius 3 is 2.45 bits per heavy atom. The zero-order valence-corrected chi connectivity index (χ0v) is 10.7. The second-order valence-electron chi connectivity index (χ2n) is 4.39. The fraction of sp³-hybridized carbons (Fsp3) is 0.133. The van der Waals surface area contributed by atoms with Gasteiger partial charge in [0.1, 0.15) is 5.82 Å². The summed E-state index contributed by atoms with van der Waals surface area (Å²) in [5.74, 6) is -2.85. The van der Waals surface area contributed by atoms with Crippen LogP contribution in [0.15, 0.2) is 42.5 Å². The average Bonchev–Trinajstić information content (AvgIpc) is 2.41. The number of hydrogen-bond acceptors (Lipinski definition) is 2. The van der Waals surface area contributed by atoms with Crippen molar-refractivity contribution in [3.05, 3.63) is 65.5 Å². The highest BCUT2D eigenvalue weighted by Crippen LogP contribution is 2.15. The largest absolute Gasteiger partial charge is 0.367 e. The van der Waals surface area contributed by atoms with Crippen molar-refractivity contribution in [3.8, 4) is 0 Å². The molecule has 0 heterocycles. The molecule has 0 N–H and O–H groups in total. The zero-order chi connectivity index (χ0) is 14.7. The van der Waals surface area contributed by atoms with E-state index in [9.17, 15) is 18.0 Å². The van der Waals surface area contributed by atoms with Crippen molar-refractivity contribution in [2.24, 2.45) is 0 Å². The quantitative estimate of drug-likeness (QED) is 0.799. The first-order chi connectivity index (χ1) is 9.47. The predicted molar refractivity (Wildman–Crippen MR) is 70.4 cm³/mol. The van der Waals surface area contributed by atoms with Gasteiger partial charge in [0.05, 0.1) is 6.54 Å². The van der Waals surface area contributed by atoms with E-state index in [1.54, 1.807) is 13.1 Å². The molecule has 2 aromatic rings. The summed E-state index contributed by atoms with van der Waals surface area (Å²) in [6.07, 6.45) is 0. The molecular formula is C15H12F3NO. The lowest BCUT2D eigenvalue weighted by Crippen LogP contribution is -2.25. The van der Waals surface area contributed by atoms with E-state index in [0.717, 1.165) is 12.1 Å². The molecule has 2 rings (SSSR count). The standard InChI is InChI=1S/C15H12F3NO/c1-19(12-4-2-3-11(16)8-12)9-15(20)10-5-6-13(17)14(18)7-10/h2-8H,9H2,1H3. The fourth-order valence-electron chi connectivity index (χ4n) is 1.78. The van der Waals surface area contributed by atoms with Gasteiger partial charge in [0.25, 0.3) is 0 Å². The van der Waals surface area contributed by atoms with E-state index in [1.165, 1.54) is 29.2 Å². The molecule has 20 heavy (non-hydrogen) atoms. The van der Waals surface area contributed by atoms with Gasteiger partial charge in [-0.3, -0.25) is 4.79 Å². The van der Waals surface area contributed by atoms with Gasteiger partial charge in [0.2, 0.25) is 0 Å². The third-order valence-corrected chi connectivity index (χ3v) is 2.87. The maximum absolute atomic E-state index is 13.1.